The molecule has 5 nitrogen and oxygen atoms in total. The molecule has 0 bridgehead atoms. The summed E-state index contributed by atoms with van der Waals surface area (Å²) < 4.78 is 0. The van der Waals surface area contributed by atoms with Crippen molar-refractivity contribution in [1.82, 2.24) is 9.97 Å². The quantitative estimate of drug-likeness (QED) is 0.790. The number of carboxylic acids is 1. The summed E-state index contributed by atoms with van der Waals surface area (Å²) in [7, 11) is 0. The fourth-order valence-corrected chi connectivity index (χ4v) is 1.38. The highest BCUT2D eigenvalue weighted by Gasteiger charge is 2.07. The summed E-state index contributed by atoms with van der Waals surface area (Å²) in [6.45, 7) is 0. The lowest BCUT2D eigenvalue weighted by atomic mass is 10.1. The van der Waals surface area contributed by atoms with Crippen LogP contribution in [-0.4, -0.2) is 21.0 Å². The van der Waals surface area contributed by atoms with Crippen LogP contribution in [0.1, 0.15) is 10.4 Å². The molecule has 5 heteroatoms. The molecule has 16 heavy (non-hydrogen) atoms. The van der Waals surface area contributed by atoms with Crippen molar-refractivity contribution in [3.05, 3.63) is 42.4 Å². The first kappa shape index (κ1) is 10.1. The van der Waals surface area contributed by atoms with Gasteiger partial charge in [-0.05, 0) is 12.1 Å². The molecule has 0 radical (unpaired) electrons. The lowest BCUT2D eigenvalue weighted by Gasteiger charge is -2.04. The van der Waals surface area contributed by atoms with E-state index in [2.05, 4.69) is 9.97 Å². The molecule has 0 unspecified atom stereocenters. The number of nitrogen functional groups attached to an aromatic ring is 1. The maximum Gasteiger partial charge on any atom is 0.335 e. The fraction of sp³-hybridized carbons (Fsp3) is 0. The zero-order valence-electron chi connectivity index (χ0n) is 8.29. The lowest BCUT2D eigenvalue weighted by Crippen LogP contribution is -1.98. The van der Waals surface area contributed by atoms with Crippen molar-refractivity contribution in [3.63, 3.8) is 0 Å². The van der Waals surface area contributed by atoms with Crippen molar-refractivity contribution < 1.29 is 9.90 Å². The first-order valence-corrected chi connectivity index (χ1v) is 4.57. The Labute approximate surface area is 91.6 Å². The number of nitrogens with two attached hydrogens (primary N) is 1. The van der Waals surface area contributed by atoms with Crippen LogP contribution in [0.5, 0.6) is 0 Å². The molecule has 1 aromatic carbocycles. The molecule has 0 aliphatic carbocycles. The molecular weight excluding hydrogens is 206 g/mol. The average Bonchev–Trinajstić information content (AvgIpc) is 2.30. The van der Waals surface area contributed by atoms with E-state index in [4.69, 9.17) is 10.8 Å². The van der Waals surface area contributed by atoms with Crippen molar-refractivity contribution in [2.24, 2.45) is 0 Å². The number of hydrogen-bond acceptors (Lipinski definition) is 4. The second kappa shape index (κ2) is 3.98. The molecule has 3 N–H and O–H groups in total. The molecule has 2 rings (SSSR count). The van der Waals surface area contributed by atoms with Crippen LogP contribution in [0, 0.1) is 0 Å². The molecule has 2 aromatic rings. The molecule has 80 valence electrons. The van der Waals surface area contributed by atoms with Crippen molar-refractivity contribution in [2.75, 3.05) is 5.73 Å². The third-order valence-electron chi connectivity index (χ3n) is 2.12. The van der Waals surface area contributed by atoms with Gasteiger partial charge in [-0.15, -0.1) is 0 Å². The molecule has 1 aromatic heterocycles. The van der Waals surface area contributed by atoms with E-state index < -0.39 is 5.97 Å². The van der Waals surface area contributed by atoms with Crippen LogP contribution in [0.15, 0.2) is 36.8 Å². The minimum absolute atomic E-state index is 0.204. The maximum absolute atomic E-state index is 10.8. The van der Waals surface area contributed by atoms with Gasteiger partial charge in [-0.2, -0.15) is 0 Å². The van der Waals surface area contributed by atoms with Gasteiger partial charge in [0, 0.05) is 5.56 Å². The SMILES string of the molecule is Nc1cncnc1-c1cccc(C(=O)O)c1. The summed E-state index contributed by atoms with van der Waals surface area (Å²) >= 11 is 0. The van der Waals surface area contributed by atoms with Crippen LogP contribution in [0.4, 0.5) is 5.69 Å². The molecule has 0 amide bonds. The Hall–Kier alpha value is -2.43. The summed E-state index contributed by atoms with van der Waals surface area (Å²) in [6, 6.07) is 6.45. The Bertz CT molecular complexity index is 540. The molecule has 0 spiro atoms. The summed E-state index contributed by atoms with van der Waals surface area (Å²) in [6.07, 6.45) is 2.86. The normalized spacial score (nSPS) is 10.0. The zero-order valence-corrected chi connectivity index (χ0v) is 8.29. The van der Waals surface area contributed by atoms with Gasteiger partial charge in [-0.1, -0.05) is 12.1 Å². The van der Waals surface area contributed by atoms with Gasteiger partial charge >= 0.3 is 5.97 Å². The van der Waals surface area contributed by atoms with Crippen LogP contribution in [-0.2, 0) is 0 Å². The Morgan fingerprint density at radius 1 is 1.38 bits per heavy atom. The molecular formula is C11H9N3O2. The first-order valence-electron chi connectivity index (χ1n) is 4.57. The number of hydrogen-bond donors (Lipinski definition) is 2. The van der Waals surface area contributed by atoms with E-state index in [1.807, 2.05) is 0 Å². The smallest absolute Gasteiger partial charge is 0.335 e. The van der Waals surface area contributed by atoms with Gasteiger partial charge in [0.25, 0.3) is 0 Å². The third-order valence-corrected chi connectivity index (χ3v) is 2.12. The summed E-state index contributed by atoms with van der Waals surface area (Å²) in [5.74, 6) is -0.977. The fourth-order valence-electron chi connectivity index (χ4n) is 1.38. The summed E-state index contributed by atoms with van der Waals surface area (Å²) in [5, 5.41) is 8.86. The van der Waals surface area contributed by atoms with Gasteiger partial charge in [0.1, 0.15) is 6.33 Å². The van der Waals surface area contributed by atoms with Crippen LogP contribution in [0.25, 0.3) is 11.3 Å². The Morgan fingerprint density at radius 3 is 2.88 bits per heavy atom. The number of benzene rings is 1. The van der Waals surface area contributed by atoms with E-state index in [0.717, 1.165) is 0 Å². The van der Waals surface area contributed by atoms with Gasteiger partial charge < -0.3 is 10.8 Å². The summed E-state index contributed by atoms with van der Waals surface area (Å²) in [5.41, 5.74) is 7.54. The predicted molar refractivity (Wildman–Crippen MR) is 58.8 cm³/mol. The number of aromatic carboxylic acids is 1. The Morgan fingerprint density at radius 2 is 2.19 bits per heavy atom. The highest BCUT2D eigenvalue weighted by molar-refractivity contribution is 5.89. The van der Waals surface area contributed by atoms with Gasteiger partial charge in [0.2, 0.25) is 0 Å². The minimum Gasteiger partial charge on any atom is -0.478 e. The second-order valence-corrected chi connectivity index (χ2v) is 3.21. The number of aromatic nitrogens is 2. The molecule has 0 aliphatic heterocycles. The van der Waals surface area contributed by atoms with Crippen molar-refractivity contribution in [1.29, 1.82) is 0 Å². The highest BCUT2D eigenvalue weighted by Crippen LogP contribution is 2.22. The second-order valence-electron chi connectivity index (χ2n) is 3.21. The van der Waals surface area contributed by atoms with Crippen LogP contribution in [0.3, 0.4) is 0 Å². The number of rotatable bonds is 2. The van der Waals surface area contributed by atoms with E-state index >= 15 is 0 Å². The van der Waals surface area contributed by atoms with Gasteiger partial charge in [-0.3, -0.25) is 0 Å². The monoisotopic (exact) mass is 215 g/mol. The van der Waals surface area contributed by atoms with Crippen molar-refractivity contribution >= 4 is 11.7 Å². The molecule has 1 heterocycles. The average molecular weight is 215 g/mol. The van der Waals surface area contributed by atoms with Gasteiger partial charge in [0.15, 0.2) is 0 Å². The maximum atomic E-state index is 10.8. The minimum atomic E-state index is -0.977. The predicted octanol–water partition coefficient (Wildman–Crippen LogP) is 1.42. The number of anilines is 1. The molecule has 0 fully saturated rings. The largest absolute Gasteiger partial charge is 0.478 e. The first-order chi connectivity index (χ1) is 7.68. The molecule has 0 atom stereocenters. The van der Waals surface area contributed by atoms with Gasteiger partial charge in [0.05, 0.1) is 23.1 Å². The third kappa shape index (κ3) is 1.83. The van der Waals surface area contributed by atoms with Crippen molar-refractivity contribution in [3.8, 4) is 11.3 Å². The molecule has 0 aliphatic rings. The Kier molecular flexibility index (Phi) is 2.51. The Balaban J connectivity index is 2.53. The molecule has 0 saturated heterocycles. The van der Waals surface area contributed by atoms with Crippen molar-refractivity contribution in [2.45, 2.75) is 0 Å². The highest BCUT2D eigenvalue weighted by atomic mass is 16.4. The van der Waals surface area contributed by atoms with Crippen LogP contribution >= 0.6 is 0 Å². The lowest BCUT2D eigenvalue weighted by molar-refractivity contribution is 0.0697. The van der Waals surface area contributed by atoms with E-state index in [9.17, 15) is 4.79 Å². The molecule has 0 saturated carbocycles. The standard InChI is InChI=1S/C11H9N3O2/c12-9-5-13-6-14-10(9)7-2-1-3-8(4-7)11(15)16/h1-6H,12H2,(H,15,16). The topological polar surface area (TPSA) is 89.1 Å². The van der Waals surface area contributed by atoms with E-state index in [-0.39, 0.29) is 5.56 Å². The van der Waals surface area contributed by atoms with Crippen LogP contribution in [0.2, 0.25) is 0 Å². The van der Waals surface area contributed by atoms with Gasteiger partial charge in [-0.25, -0.2) is 14.8 Å². The number of nitrogens with zero attached hydrogens (tertiary/aromatic N) is 2. The summed E-state index contributed by atoms with van der Waals surface area (Å²) in [4.78, 5) is 18.6. The number of carbonyl (C=O) groups is 1. The van der Waals surface area contributed by atoms with E-state index in [1.54, 1.807) is 12.1 Å². The van der Waals surface area contributed by atoms with E-state index in [1.165, 1.54) is 24.7 Å². The number of carboxylic acid groups (broad SMARTS) is 1. The van der Waals surface area contributed by atoms with Crippen LogP contribution < -0.4 is 5.73 Å². The van der Waals surface area contributed by atoms with E-state index in [0.29, 0.717) is 16.9 Å². The zero-order chi connectivity index (χ0) is 11.5.